The van der Waals surface area contributed by atoms with Gasteiger partial charge in [0, 0.05) is 46.8 Å². The Balaban J connectivity index is 1.41. The van der Waals surface area contributed by atoms with Crippen LogP contribution in [0.2, 0.25) is 5.02 Å². The summed E-state index contributed by atoms with van der Waals surface area (Å²) in [5.41, 5.74) is 7.14. The van der Waals surface area contributed by atoms with Crippen LogP contribution in [0.1, 0.15) is 75.6 Å². The predicted molar refractivity (Wildman–Crippen MR) is 201 cm³/mol. The Kier molecular flexibility index (Phi) is 11.0. The van der Waals surface area contributed by atoms with Crippen LogP contribution < -0.4 is 4.90 Å². The molecule has 0 bridgehead atoms. The molecule has 11 heteroatoms. The van der Waals surface area contributed by atoms with Gasteiger partial charge in [0.2, 0.25) is 5.69 Å². The first-order chi connectivity index (χ1) is 23.0. The van der Waals surface area contributed by atoms with Gasteiger partial charge in [0.15, 0.2) is 5.71 Å². The molecular formula is C38H46ClN2O6S2+. The predicted octanol–water partition coefficient (Wildman–Crippen LogP) is 7.95. The summed E-state index contributed by atoms with van der Waals surface area (Å²) in [5, 5.41) is 0.610. The van der Waals surface area contributed by atoms with Gasteiger partial charge in [-0.3, -0.25) is 9.11 Å². The highest BCUT2D eigenvalue weighted by Crippen LogP contribution is 2.46. The van der Waals surface area contributed by atoms with Gasteiger partial charge >= 0.3 is 0 Å². The summed E-state index contributed by atoms with van der Waals surface area (Å²) in [6.07, 6.45) is 10.4. The number of hydrogen-bond acceptors (Lipinski definition) is 5. The van der Waals surface area contributed by atoms with Crippen LogP contribution >= 0.6 is 11.6 Å². The number of hydrogen-bond donors (Lipinski definition) is 2. The van der Waals surface area contributed by atoms with Crippen molar-refractivity contribution >= 4 is 61.1 Å². The molecule has 3 aromatic rings. The van der Waals surface area contributed by atoms with E-state index >= 15 is 0 Å². The van der Waals surface area contributed by atoms with Gasteiger partial charge in [-0.2, -0.15) is 21.4 Å². The quantitative estimate of drug-likeness (QED) is 0.0985. The summed E-state index contributed by atoms with van der Waals surface area (Å²) >= 11 is 6.66. The zero-order valence-electron chi connectivity index (χ0n) is 28.5. The van der Waals surface area contributed by atoms with E-state index in [0.717, 1.165) is 28.2 Å². The molecule has 2 heterocycles. The molecule has 1 atom stereocenters. The van der Waals surface area contributed by atoms with Gasteiger partial charge in [-0.15, -0.1) is 0 Å². The van der Waals surface area contributed by atoms with Crippen molar-refractivity contribution in [1.29, 1.82) is 0 Å². The molecule has 2 N–H and O–H groups in total. The monoisotopic (exact) mass is 725 g/mol. The molecule has 8 nitrogen and oxygen atoms in total. The molecule has 2 aliphatic heterocycles. The number of allylic oxidation sites excluding steroid dienone is 1. The summed E-state index contributed by atoms with van der Waals surface area (Å²) in [6.45, 7) is 10.1. The molecule has 1 unspecified atom stereocenters. The van der Waals surface area contributed by atoms with E-state index in [2.05, 4.69) is 91.8 Å². The van der Waals surface area contributed by atoms with Gasteiger partial charge in [-0.1, -0.05) is 74.0 Å². The fourth-order valence-corrected chi connectivity index (χ4v) is 8.67. The lowest BCUT2D eigenvalue weighted by atomic mass is 9.80. The molecule has 262 valence electrons. The Bertz CT molecular complexity index is 2020. The molecular weight excluding hydrogens is 680 g/mol. The number of unbranched alkanes of at least 4 members (excludes halogenated alkanes) is 2. The highest BCUT2D eigenvalue weighted by molar-refractivity contribution is 7.86. The normalized spacial score (nSPS) is 18.5. The van der Waals surface area contributed by atoms with E-state index in [4.69, 9.17) is 11.6 Å². The molecule has 3 aromatic carbocycles. The van der Waals surface area contributed by atoms with Crippen LogP contribution in [0.4, 0.5) is 11.4 Å². The Morgan fingerprint density at radius 1 is 0.776 bits per heavy atom. The summed E-state index contributed by atoms with van der Waals surface area (Å²) in [5.74, 6) is -0.509. The number of rotatable bonds is 14. The van der Waals surface area contributed by atoms with Crippen molar-refractivity contribution < 1.29 is 30.5 Å². The van der Waals surface area contributed by atoms with Crippen LogP contribution in [0.25, 0.3) is 12.2 Å². The van der Waals surface area contributed by atoms with Gasteiger partial charge < -0.3 is 4.90 Å². The van der Waals surface area contributed by atoms with E-state index in [1.54, 1.807) is 0 Å². The van der Waals surface area contributed by atoms with Crippen molar-refractivity contribution in [3.63, 3.8) is 0 Å². The zero-order valence-corrected chi connectivity index (χ0v) is 30.9. The zero-order chi connectivity index (χ0) is 35.6. The molecule has 0 saturated carbocycles. The Morgan fingerprint density at radius 3 is 2.04 bits per heavy atom. The van der Waals surface area contributed by atoms with Crippen LogP contribution in [0.5, 0.6) is 0 Å². The first-order valence-electron chi connectivity index (χ1n) is 16.7. The minimum atomic E-state index is -4.00. The first-order valence-corrected chi connectivity index (χ1v) is 20.2. The number of nitrogens with zero attached hydrogens (tertiary/aromatic N) is 2. The minimum absolute atomic E-state index is 0.0105. The lowest BCUT2D eigenvalue weighted by Crippen LogP contribution is -2.40. The van der Waals surface area contributed by atoms with Crippen molar-refractivity contribution in [2.75, 3.05) is 29.5 Å². The molecule has 2 aliphatic rings. The van der Waals surface area contributed by atoms with Crippen molar-refractivity contribution in [1.82, 2.24) is 0 Å². The molecule has 0 aromatic heterocycles. The number of halogens is 1. The SMILES string of the molecule is CC1(C)C(/C=C/c2cc(Cl)cc(/C=C/C3N(CCCCS(=O)(=O)O)c4ccccc4C3(C)C)c2)=[N+](CCCCS(=O)(=O)O)c2ccccc21. The third-order valence-electron chi connectivity index (χ3n) is 9.71. The Morgan fingerprint density at radius 2 is 1.37 bits per heavy atom. The van der Waals surface area contributed by atoms with Crippen molar-refractivity contribution in [3.05, 3.63) is 106 Å². The Hall–Kier alpha value is -3.28. The Labute approximate surface area is 296 Å². The summed E-state index contributed by atoms with van der Waals surface area (Å²) in [7, 11) is -8.00. The van der Waals surface area contributed by atoms with Crippen LogP contribution in [-0.2, 0) is 31.1 Å². The third-order valence-corrected chi connectivity index (χ3v) is 11.5. The molecule has 0 saturated heterocycles. The van der Waals surface area contributed by atoms with Crippen LogP contribution in [0, 0.1) is 0 Å². The average Bonchev–Trinajstić information content (AvgIpc) is 3.36. The second-order valence-corrected chi connectivity index (χ2v) is 17.6. The molecule has 0 amide bonds. The second kappa shape index (κ2) is 14.5. The minimum Gasteiger partial charge on any atom is -0.364 e. The van der Waals surface area contributed by atoms with E-state index in [-0.39, 0.29) is 28.4 Å². The lowest BCUT2D eigenvalue weighted by molar-refractivity contribution is -0.438. The summed E-state index contributed by atoms with van der Waals surface area (Å²) in [6, 6.07) is 22.5. The summed E-state index contributed by atoms with van der Waals surface area (Å²) in [4.78, 5) is 2.32. The van der Waals surface area contributed by atoms with E-state index in [1.165, 1.54) is 11.1 Å². The topological polar surface area (TPSA) is 115 Å². The fourth-order valence-electron chi connectivity index (χ4n) is 7.28. The fraction of sp³-hybridized carbons (Fsp3) is 0.395. The van der Waals surface area contributed by atoms with E-state index in [0.29, 0.717) is 43.8 Å². The largest absolute Gasteiger partial charge is 0.364 e. The number of benzene rings is 3. The number of para-hydroxylation sites is 2. The van der Waals surface area contributed by atoms with Gasteiger partial charge in [0.25, 0.3) is 20.2 Å². The van der Waals surface area contributed by atoms with Gasteiger partial charge in [0.05, 0.1) is 23.0 Å². The second-order valence-electron chi connectivity index (χ2n) is 14.1. The van der Waals surface area contributed by atoms with Gasteiger partial charge in [-0.05, 0) is 80.1 Å². The molecule has 0 radical (unpaired) electrons. The van der Waals surface area contributed by atoms with E-state index < -0.39 is 20.2 Å². The highest BCUT2D eigenvalue weighted by atomic mass is 35.5. The first kappa shape index (κ1) is 37.0. The molecule has 5 rings (SSSR count). The average molecular weight is 726 g/mol. The highest BCUT2D eigenvalue weighted by Gasteiger charge is 2.44. The van der Waals surface area contributed by atoms with Crippen LogP contribution in [0.3, 0.4) is 0 Å². The van der Waals surface area contributed by atoms with Gasteiger partial charge in [-0.25, -0.2) is 0 Å². The molecule has 49 heavy (non-hydrogen) atoms. The number of anilines is 1. The lowest BCUT2D eigenvalue weighted by Gasteiger charge is -2.32. The van der Waals surface area contributed by atoms with Crippen LogP contribution in [-0.4, -0.2) is 66.9 Å². The maximum absolute atomic E-state index is 11.3. The van der Waals surface area contributed by atoms with Crippen molar-refractivity contribution in [2.24, 2.45) is 0 Å². The van der Waals surface area contributed by atoms with E-state index in [9.17, 15) is 25.9 Å². The summed E-state index contributed by atoms with van der Waals surface area (Å²) < 4.78 is 65.8. The maximum atomic E-state index is 11.3. The molecule has 0 spiro atoms. The molecule has 0 aliphatic carbocycles. The smallest absolute Gasteiger partial charge is 0.264 e. The van der Waals surface area contributed by atoms with Crippen molar-refractivity contribution in [3.8, 4) is 0 Å². The van der Waals surface area contributed by atoms with E-state index in [1.807, 2.05) is 36.4 Å². The third kappa shape index (κ3) is 8.72. The maximum Gasteiger partial charge on any atom is 0.264 e. The van der Waals surface area contributed by atoms with Crippen LogP contribution in [0.15, 0.2) is 78.9 Å². The molecule has 0 fully saturated rings. The van der Waals surface area contributed by atoms with Gasteiger partial charge in [0.1, 0.15) is 6.54 Å². The standard InChI is InChI=1S/C38H45ClN2O6S2/c1-37(2)31-13-5-7-15-33(31)40(21-9-11-23-48(42,43)44)35(37)19-17-28-25-29(27-30(39)26-28)18-20-36-38(3,4)32-14-6-8-16-34(32)41(36)22-10-12-24-49(45,46)47/h5-8,13-20,25-27,35H,9-12,21-24H2,1-4H3,(H-,42,43,44,45,46,47)/p+1/b19-17+,20-18+. The number of fused-ring (bicyclic) bond motifs is 2. The van der Waals surface area contributed by atoms with Crippen molar-refractivity contribution in [2.45, 2.75) is 70.3 Å².